The highest BCUT2D eigenvalue weighted by Crippen LogP contribution is 2.31. The van der Waals surface area contributed by atoms with Crippen LogP contribution >= 0.6 is 0 Å². The zero-order valence-corrected chi connectivity index (χ0v) is 10.8. The number of rotatable bonds is 5. The van der Waals surface area contributed by atoms with Crippen molar-refractivity contribution in [1.29, 1.82) is 0 Å². The summed E-state index contributed by atoms with van der Waals surface area (Å²) in [6.45, 7) is 1.58. The SMILES string of the molecule is CNC(=O)CCCOc1cccc2c1NCCC2. The van der Waals surface area contributed by atoms with Crippen LogP contribution in [0, 0.1) is 0 Å². The van der Waals surface area contributed by atoms with Crippen molar-refractivity contribution in [2.45, 2.75) is 25.7 Å². The Morgan fingerprint density at radius 1 is 1.50 bits per heavy atom. The average Bonchev–Trinajstić information content (AvgIpc) is 2.43. The van der Waals surface area contributed by atoms with Crippen molar-refractivity contribution in [2.75, 3.05) is 25.5 Å². The average molecular weight is 248 g/mol. The smallest absolute Gasteiger partial charge is 0.219 e. The first kappa shape index (κ1) is 12.7. The van der Waals surface area contributed by atoms with Crippen molar-refractivity contribution in [1.82, 2.24) is 5.32 Å². The molecule has 0 radical (unpaired) electrons. The highest BCUT2D eigenvalue weighted by Gasteiger charge is 2.12. The van der Waals surface area contributed by atoms with Crippen LogP contribution in [0.15, 0.2) is 18.2 Å². The minimum atomic E-state index is 0.0619. The van der Waals surface area contributed by atoms with Crippen LogP contribution < -0.4 is 15.4 Å². The van der Waals surface area contributed by atoms with Crippen LogP contribution in [-0.4, -0.2) is 26.1 Å². The van der Waals surface area contributed by atoms with Crippen molar-refractivity contribution in [2.24, 2.45) is 0 Å². The van der Waals surface area contributed by atoms with Gasteiger partial charge in [-0.1, -0.05) is 12.1 Å². The minimum absolute atomic E-state index is 0.0619. The fourth-order valence-electron chi connectivity index (χ4n) is 2.14. The maximum atomic E-state index is 11.1. The van der Waals surface area contributed by atoms with Gasteiger partial charge in [-0.2, -0.15) is 0 Å². The monoisotopic (exact) mass is 248 g/mol. The summed E-state index contributed by atoms with van der Waals surface area (Å²) >= 11 is 0. The highest BCUT2D eigenvalue weighted by atomic mass is 16.5. The van der Waals surface area contributed by atoms with Gasteiger partial charge in [-0.25, -0.2) is 0 Å². The molecule has 0 bridgehead atoms. The lowest BCUT2D eigenvalue weighted by Crippen LogP contribution is -2.18. The first-order chi connectivity index (χ1) is 8.81. The van der Waals surface area contributed by atoms with Crippen molar-refractivity contribution < 1.29 is 9.53 Å². The molecule has 0 aliphatic carbocycles. The number of amides is 1. The second-order valence-corrected chi connectivity index (χ2v) is 4.45. The van der Waals surface area contributed by atoms with E-state index in [2.05, 4.69) is 16.7 Å². The highest BCUT2D eigenvalue weighted by molar-refractivity contribution is 5.75. The molecule has 0 atom stereocenters. The Morgan fingerprint density at radius 2 is 2.39 bits per heavy atom. The Bertz CT molecular complexity index is 418. The number of fused-ring (bicyclic) bond motifs is 1. The molecule has 1 aromatic carbocycles. The molecule has 1 aliphatic heterocycles. The molecule has 0 saturated heterocycles. The minimum Gasteiger partial charge on any atom is -0.491 e. The molecule has 1 heterocycles. The van der Waals surface area contributed by atoms with Gasteiger partial charge in [-0.15, -0.1) is 0 Å². The summed E-state index contributed by atoms with van der Waals surface area (Å²) in [5.41, 5.74) is 2.45. The summed E-state index contributed by atoms with van der Waals surface area (Å²) in [5.74, 6) is 0.968. The Labute approximate surface area is 108 Å². The molecular weight excluding hydrogens is 228 g/mol. The van der Waals surface area contributed by atoms with Gasteiger partial charge in [0.05, 0.1) is 12.3 Å². The molecule has 1 aromatic rings. The lowest BCUT2D eigenvalue weighted by molar-refractivity contribution is -0.120. The number of anilines is 1. The van der Waals surface area contributed by atoms with Gasteiger partial charge >= 0.3 is 0 Å². The quantitative estimate of drug-likeness (QED) is 0.783. The van der Waals surface area contributed by atoms with Gasteiger partial charge in [0.15, 0.2) is 0 Å². The van der Waals surface area contributed by atoms with Crippen molar-refractivity contribution >= 4 is 11.6 Å². The van der Waals surface area contributed by atoms with Gasteiger partial charge < -0.3 is 15.4 Å². The van der Waals surface area contributed by atoms with Crippen molar-refractivity contribution in [3.05, 3.63) is 23.8 Å². The van der Waals surface area contributed by atoms with Crippen LogP contribution in [0.5, 0.6) is 5.75 Å². The predicted octanol–water partition coefficient (Wildman–Crippen LogP) is 1.95. The molecular formula is C14H20N2O2. The molecule has 4 nitrogen and oxygen atoms in total. The van der Waals surface area contributed by atoms with Crippen molar-refractivity contribution in [3.8, 4) is 5.75 Å². The first-order valence-corrected chi connectivity index (χ1v) is 6.50. The van der Waals surface area contributed by atoms with Crippen LogP contribution in [-0.2, 0) is 11.2 Å². The van der Waals surface area contributed by atoms with E-state index in [0.717, 1.165) is 30.8 Å². The summed E-state index contributed by atoms with van der Waals surface area (Å²) in [6, 6.07) is 6.15. The normalized spacial score (nSPS) is 13.4. The van der Waals surface area contributed by atoms with E-state index in [-0.39, 0.29) is 5.91 Å². The molecule has 0 aromatic heterocycles. The van der Waals surface area contributed by atoms with E-state index in [0.29, 0.717) is 13.0 Å². The van der Waals surface area contributed by atoms with Crippen LogP contribution in [0.2, 0.25) is 0 Å². The van der Waals surface area contributed by atoms with Crippen LogP contribution in [0.4, 0.5) is 5.69 Å². The second kappa shape index (κ2) is 6.28. The molecule has 4 heteroatoms. The molecule has 0 fully saturated rings. The number of hydrogen-bond donors (Lipinski definition) is 2. The third kappa shape index (κ3) is 3.15. The molecule has 0 spiro atoms. The molecule has 0 saturated carbocycles. The third-order valence-corrected chi connectivity index (χ3v) is 3.12. The van der Waals surface area contributed by atoms with E-state index in [4.69, 9.17) is 4.74 Å². The number of aryl methyl sites for hydroxylation is 1. The van der Waals surface area contributed by atoms with E-state index in [9.17, 15) is 4.79 Å². The number of carbonyl (C=O) groups is 1. The van der Waals surface area contributed by atoms with Gasteiger partial charge in [-0.05, 0) is 30.9 Å². The van der Waals surface area contributed by atoms with Gasteiger partial charge in [0.1, 0.15) is 5.75 Å². The van der Waals surface area contributed by atoms with E-state index in [1.165, 1.54) is 12.0 Å². The zero-order valence-electron chi connectivity index (χ0n) is 10.8. The van der Waals surface area contributed by atoms with E-state index < -0.39 is 0 Å². The molecule has 18 heavy (non-hydrogen) atoms. The number of nitrogens with one attached hydrogen (secondary N) is 2. The lowest BCUT2D eigenvalue weighted by Gasteiger charge is -2.21. The number of hydrogen-bond acceptors (Lipinski definition) is 3. The number of ether oxygens (including phenoxy) is 1. The Hall–Kier alpha value is -1.71. The largest absolute Gasteiger partial charge is 0.491 e. The summed E-state index contributed by atoms with van der Waals surface area (Å²) in [7, 11) is 1.65. The van der Waals surface area contributed by atoms with E-state index in [1.54, 1.807) is 7.05 Å². The summed E-state index contributed by atoms with van der Waals surface area (Å²) in [5, 5.41) is 5.99. The topological polar surface area (TPSA) is 50.4 Å². The van der Waals surface area contributed by atoms with Crippen LogP contribution in [0.3, 0.4) is 0 Å². The molecule has 1 amide bonds. The summed E-state index contributed by atoms with van der Waals surface area (Å²) < 4.78 is 5.76. The first-order valence-electron chi connectivity index (χ1n) is 6.50. The Balaban J connectivity index is 1.88. The fraction of sp³-hybridized carbons (Fsp3) is 0.500. The number of para-hydroxylation sites is 1. The van der Waals surface area contributed by atoms with E-state index >= 15 is 0 Å². The second-order valence-electron chi connectivity index (χ2n) is 4.45. The zero-order chi connectivity index (χ0) is 12.8. The number of carbonyl (C=O) groups excluding carboxylic acids is 1. The van der Waals surface area contributed by atoms with E-state index in [1.807, 2.05) is 12.1 Å². The maximum Gasteiger partial charge on any atom is 0.219 e. The molecule has 1 aliphatic rings. The van der Waals surface area contributed by atoms with Gasteiger partial charge in [0, 0.05) is 20.0 Å². The lowest BCUT2D eigenvalue weighted by atomic mass is 10.0. The Morgan fingerprint density at radius 3 is 3.22 bits per heavy atom. The predicted molar refractivity (Wildman–Crippen MR) is 72.0 cm³/mol. The Kier molecular flexibility index (Phi) is 4.45. The maximum absolute atomic E-state index is 11.1. The summed E-state index contributed by atoms with van der Waals surface area (Å²) in [4.78, 5) is 11.1. The van der Waals surface area contributed by atoms with Crippen molar-refractivity contribution in [3.63, 3.8) is 0 Å². The van der Waals surface area contributed by atoms with Gasteiger partial charge in [0.2, 0.25) is 5.91 Å². The van der Waals surface area contributed by atoms with Gasteiger partial charge in [0.25, 0.3) is 0 Å². The molecule has 0 unspecified atom stereocenters. The summed E-state index contributed by atoms with van der Waals surface area (Å²) in [6.07, 6.45) is 3.53. The fourth-order valence-corrected chi connectivity index (χ4v) is 2.14. The standard InChI is InChI=1S/C14H20N2O2/c1-15-13(17)8-4-10-18-12-7-2-5-11-6-3-9-16-14(11)12/h2,5,7,16H,3-4,6,8-10H2,1H3,(H,15,17). The van der Waals surface area contributed by atoms with Gasteiger partial charge in [-0.3, -0.25) is 4.79 Å². The third-order valence-electron chi connectivity index (χ3n) is 3.12. The molecule has 2 rings (SSSR count). The molecule has 2 N–H and O–H groups in total. The van der Waals surface area contributed by atoms with Crippen LogP contribution in [0.25, 0.3) is 0 Å². The number of benzene rings is 1. The molecule has 98 valence electrons. The van der Waals surface area contributed by atoms with Crippen LogP contribution in [0.1, 0.15) is 24.8 Å².